The van der Waals surface area contributed by atoms with Crippen LogP contribution in [0.3, 0.4) is 0 Å². The number of hydrogen-bond donors (Lipinski definition) is 3. The SMILES string of the molecule is COCOC[C@H](CCC1(C(=O)NC2CCC(C(=O)O)CC2)CCCC1)C(=O)O. The highest BCUT2D eigenvalue weighted by Gasteiger charge is 2.42. The zero-order chi connectivity index (χ0) is 20.6. The van der Waals surface area contributed by atoms with Gasteiger partial charge in [-0.05, 0) is 51.4 Å². The molecule has 0 radical (unpaired) electrons. The Balaban J connectivity index is 1.90. The van der Waals surface area contributed by atoms with Crippen LogP contribution in [0, 0.1) is 17.3 Å². The summed E-state index contributed by atoms with van der Waals surface area (Å²) in [5.74, 6) is -2.64. The molecule has 0 spiro atoms. The Hall–Kier alpha value is -1.67. The van der Waals surface area contributed by atoms with E-state index in [9.17, 15) is 19.5 Å². The minimum absolute atomic E-state index is 0.00530. The average molecular weight is 399 g/mol. The normalized spacial score (nSPS) is 25.2. The molecule has 0 aromatic heterocycles. The van der Waals surface area contributed by atoms with Crippen LogP contribution in [0.15, 0.2) is 0 Å². The molecule has 2 aliphatic carbocycles. The first kappa shape index (κ1) is 22.6. The summed E-state index contributed by atoms with van der Waals surface area (Å²) < 4.78 is 10.0. The Morgan fingerprint density at radius 3 is 2.29 bits per heavy atom. The summed E-state index contributed by atoms with van der Waals surface area (Å²) in [6.45, 7) is 0.120. The molecule has 2 saturated carbocycles. The van der Waals surface area contributed by atoms with E-state index in [1.54, 1.807) is 0 Å². The zero-order valence-corrected chi connectivity index (χ0v) is 16.7. The lowest BCUT2D eigenvalue weighted by atomic mass is 9.77. The van der Waals surface area contributed by atoms with Gasteiger partial charge in [0.05, 0.1) is 18.4 Å². The number of carboxylic acids is 2. The van der Waals surface area contributed by atoms with E-state index in [1.165, 1.54) is 7.11 Å². The Labute approximate surface area is 166 Å². The highest BCUT2D eigenvalue weighted by molar-refractivity contribution is 5.83. The second-order valence-corrected chi connectivity index (χ2v) is 8.20. The lowest BCUT2D eigenvalue weighted by Gasteiger charge is -2.33. The first-order chi connectivity index (χ1) is 13.4. The first-order valence-electron chi connectivity index (χ1n) is 10.2. The number of ether oxygens (including phenoxy) is 2. The third-order valence-electron chi connectivity index (χ3n) is 6.29. The van der Waals surface area contributed by atoms with Crippen LogP contribution in [-0.4, -0.2) is 54.6 Å². The molecule has 0 heterocycles. The smallest absolute Gasteiger partial charge is 0.308 e. The summed E-state index contributed by atoms with van der Waals surface area (Å²) in [4.78, 5) is 35.7. The van der Waals surface area contributed by atoms with E-state index in [2.05, 4.69) is 5.32 Å². The van der Waals surface area contributed by atoms with Gasteiger partial charge in [-0.25, -0.2) is 0 Å². The fourth-order valence-electron chi connectivity index (χ4n) is 4.47. The summed E-state index contributed by atoms with van der Waals surface area (Å²) in [5.41, 5.74) is -0.515. The van der Waals surface area contributed by atoms with Crippen LogP contribution in [0.4, 0.5) is 0 Å². The molecule has 2 aliphatic rings. The minimum atomic E-state index is -0.920. The molecular weight excluding hydrogens is 366 g/mol. The van der Waals surface area contributed by atoms with Crippen LogP contribution in [-0.2, 0) is 23.9 Å². The molecule has 2 rings (SSSR count). The molecule has 160 valence electrons. The third kappa shape index (κ3) is 6.17. The van der Waals surface area contributed by atoms with E-state index in [0.29, 0.717) is 38.5 Å². The fourth-order valence-corrected chi connectivity index (χ4v) is 4.47. The van der Waals surface area contributed by atoms with Gasteiger partial charge in [-0.2, -0.15) is 0 Å². The van der Waals surface area contributed by atoms with Gasteiger partial charge in [-0.3, -0.25) is 14.4 Å². The number of carboxylic acid groups (broad SMARTS) is 2. The summed E-state index contributed by atoms with van der Waals surface area (Å²) >= 11 is 0. The monoisotopic (exact) mass is 399 g/mol. The molecule has 8 heteroatoms. The largest absolute Gasteiger partial charge is 0.481 e. The van der Waals surface area contributed by atoms with Crippen LogP contribution >= 0.6 is 0 Å². The number of amides is 1. The molecule has 8 nitrogen and oxygen atoms in total. The standard InChI is InChI=1S/C20H33NO7/c1-27-13-28-12-15(18(24)25)8-11-20(9-2-3-10-20)19(26)21-16-6-4-14(5-7-16)17(22)23/h14-16H,2-13H2,1H3,(H,21,26)(H,22,23)(H,24,25)/t14?,15-,16?/m0/s1. The van der Waals surface area contributed by atoms with Crippen molar-refractivity contribution >= 4 is 17.8 Å². The van der Waals surface area contributed by atoms with Gasteiger partial charge in [0.1, 0.15) is 6.79 Å². The lowest BCUT2D eigenvalue weighted by Crippen LogP contribution is -2.46. The van der Waals surface area contributed by atoms with Crippen LogP contribution in [0.1, 0.15) is 64.2 Å². The van der Waals surface area contributed by atoms with E-state index in [-0.39, 0.29) is 31.3 Å². The minimum Gasteiger partial charge on any atom is -0.481 e. The fraction of sp³-hybridized carbons (Fsp3) is 0.850. The van der Waals surface area contributed by atoms with Gasteiger partial charge in [0.25, 0.3) is 0 Å². The number of methoxy groups -OCH3 is 1. The van der Waals surface area contributed by atoms with Gasteiger partial charge in [0, 0.05) is 18.6 Å². The van der Waals surface area contributed by atoms with E-state index < -0.39 is 23.3 Å². The topological polar surface area (TPSA) is 122 Å². The molecule has 0 bridgehead atoms. The van der Waals surface area contributed by atoms with Crippen LogP contribution in [0.5, 0.6) is 0 Å². The quantitative estimate of drug-likeness (QED) is 0.360. The second-order valence-electron chi connectivity index (χ2n) is 8.20. The summed E-state index contributed by atoms with van der Waals surface area (Å²) in [6.07, 6.45) is 6.94. The van der Waals surface area contributed by atoms with Crippen molar-refractivity contribution in [2.75, 3.05) is 20.5 Å². The van der Waals surface area contributed by atoms with E-state index in [0.717, 1.165) is 25.7 Å². The Morgan fingerprint density at radius 2 is 1.75 bits per heavy atom. The summed E-state index contributed by atoms with van der Waals surface area (Å²) in [6, 6.07) is 0.0147. The maximum atomic E-state index is 13.1. The highest BCUT2D eigenvalue weighted by Crippen LogP contribution is 2.43. The lowest BCUT2D eigenvalue weighted by molar-refractivity contribution is -0.147. The third-order valence-corrected chi connectivity index (χ3v) is 6.29. The average Bonchev–Trinajstić information content (AvgIpc) is 3.15. The van der Waals surface area contributed by atoms with Crippen molar-refractivity contribution in [2.24, 2.45) is 17.3 Å². The van der Waals surface area contributed by atoms with Gasteiger partial charge < -0.3 is 25.0 Å². The molecule has 0 saturated heterocycles. The number of rotatable bonds is 11. The van der Waals surface area contributed by atoms with Crippen molar-refractivity contribution in [3.8, 4) is 0 Å². The van der Waals surface area contributed by atoms with Crippen molar-refractivity contribution in [1.82, 2.24) is 5.32 Å². The molecule has 1 atom stereocenters. The highest BCUT2D eigenvalue weighted by atomic mass is 16.7. The van der Waals surface area contributed by atoms with Crippen molar-refractivity contribution < 1.29 is 34.1 Å². The zero-order valence-electron chi connectivity index (χ0n) is 16.7. The number of aliphatic carboxylic acids is 2. The Kier molecular flexibility index (Phi) is 8.69. The predicted octanol–water partition coefficient (Wildman–Crippen LogP) is 2.41. The van der Waals surface area contributed by atoms with Crippen LogP contribution < -0.4 is 5.32 Å². The molecule has 3 N–H and O–H groups in total. The van der Waals surface area contributed by atoms with Crippen LogP contribution in [0.25, 0.3) is 0 Å². The van der Waals surface area contributed by atoms with Gasteiger partial charge in [0.2, 0.25) is 5.91 Å². The van der Waals surface area contributed by atoms with Gasteiger partial charge >= 0.3 is 11.9 Å². The van der Waals surface area contributed by atoms with Gasteiger partial charge in [-0.1, -0.05) is 12.8 Å². The maximum Gasteiger partial charge on any atom is 0.308 e. The maximum absolute atomic E-state index is 13.1. The van der Waals surface area contributed by atoms with E-state index in [4.69, 9.17) is 14.6 Å². The van der Waals surface area contributed by atoms with Crippen molar-refractivity contribution in [1.29, 1.82) is 0 Å². The molecule has 0 unspecified atom stereocenters. The van der Waals surface area contributed by atoms with Crippen molar-refractivity contribution in [2.45, 2.75) is 70.3 Å². The number of carbonyl (C=O) groups is 3. The van der Waals surface area contributed by atoms with Gasteiger partial charge in [0.15, 0.2) is 0 Å². The Bertz CT molecular complexity index is 537. The Morgan fingerprint density at radius 1 is 1.11 bits per heavy atom. The van der Waals surface area contributed by atoms with Gasteiger partial charge in [-0.15, -0.1) is 0 Å². The molecular formula is C20H33NO7. The predicted molar refractivity (Wildman–Crippen MR) is 101 cm³/mol. The van der Waals surface area contributed by atoms with Crippen molar-refractivity contribution in [3.63, 3.8) is 0 Å². The molecule has 0 aromatic carbocycles. The van der Waals surface area contributed by atoms with E-state index >= 15 is 0 Å². The molecule has 1 amide bonds. The molecule has 2 fully saturated rings. The van der Waals surface area contributed by atoms with E-state index in [1.807, 2.05) is 0 Å². The number of carbonyl (C=O) groups excluding carboxylic acids is 1. The molecule has 0 aliphatic heterocycles. The van der Waals surface area contributed by atoms with Crippen molar-refractivity contribution in [3.05, 3.63) is 0 Å². The molecule has 0 aromatic rings. The van der Waals surface area contributed by atoms with Crippen LogP contribution in [0.2, 0.25) is 0 Å². The number of hydrogen-bond acceptors (Lipinski definition) is 5. The second kappa shape index (κ2) is 10.8. The summed E-state index contributed by atoms with van der Waals surface area (Å²) in [5, 5.41) is 21.7. The number of nitrogens with one attached hydrogen (secondary N) is 1. The molecule has 28 heavy (non-hydrogen) atoms. The first-order valence-corrected chi connectivity index (χ1v) is 10.2. The summed E-state index contributed by atoms with van der Waals surface area (Å²) in [7, 11) is 1.48.